The van der Waals surface area contributed by atoms with Crippen molar-refractivity contribution < 1.29 is 19.1 Å². The average molecular weight is 589 g/mol. The van der Waals surface area contributed by atoms with E-state index in [1.165, 1.54) is 0 Å². The van der Waals surface area contributed by atoms with Gasteiger partial charge in [-0.05, 0) is 78.9 Å². The van der Waals surface area contributed by atoms with Crippen LogP contribution in [0.15, 0.2) is 118 Å². The van der Waals surface area contributed by atoms with Gasteiger partial charge < -0.3 is 15.4 Å². The van der Waals surface area contributed by atoms with E-state index >= 15 is 0 Å². The fourth-order valence-electron chi connectivity index (χ4n) is 3.75. The van der Waals surface area contributed by atoms with Gasteiger partial charge in [-0.15, -0.1) is 0 Å². The van der Waals surface area contributed by atoms with Gasteiger partial charge in [0, 0.05) is 21.4 Å². The first-order chi connectivity index (χ1) is 18.4. The first-order valence-corrected chi connectivity index (χ1v) is 12.6. The van der Waals surface area contributed by atoms with Crippen LogP contribution in [0.4, 0.5) is 17.1 Å². The summed E-state index contributed by atoms with van der Waals surface area (Å²) in [4.78, 5) is 39.8. The predicted octanol–water partition coefficient (Wildman–Crippen LogP) is 6.93. The largest absolute Gasteiger partial charge is 0.457 e. The number of para-hydroxylation sites is 1. The SMILES string of the molecule is O=C(Nc1ccc(Br)cc1)c1cccc(NC2=C(Cl)C(=O)N(c3ccc(Oc4ccccc4)cc3)C2=O)c1. The van der Waals surface area contributed by atoms with E-state index in [0.29, 0.717) is 34.1 Å². The fourth-order valence-corrected chi connectivity index (χ4v) is 4.23. The zero-order valence-corrected chi connectivity index (χ0v) is 22.0. The van der Waals surface area contributed by atoms with Crippen molar-refractivity contribution in [1.82, 2.24) is 0 Å². The second-order valence-electron chi connectivity index (χ2n) is 8.21. The summed E-state index contributed by atoms with van der Waals surface area (Å²) >= 11 is 9.64. The summed E-state index contributed by atoms with van der Waals surface area (Å²) in [6.07, 6.45) is 0. The molecule has 0 bridgehead atoms. The van der Waals surface area contributed by atoms with E-state index in [2.05, 4.69) is 26.6 Å². The number of anilines is 3. The van der Waals surface area contributed by atoms with Crippen molar-refractivity contribution in [1.29, 1.82) is 0 Å². The maximum Gasteiger partial charge on any atom is 0.283 e. The van der Waals surface area contributed by atoms with Crippen LogP contribution in [-0.4, -0.2) is 17.7 Å². The van der Waals surface area contributed by atoms with Gasteiger partial charge in [-0.1, -0.05) is 51.8 Å². The maximum absolute atomic E-state index is 13.2. The van der Waals surface area contributed by atoms with Crippen LogP contribution < -0.4 is 20.3 Å². The van der Waals surface area contributed by atoms with E-state index in [1.807, 2.05) is 42.5 Å². The van der Waals surface area contributed by atoms with Crippen molar-refractivity contribution in [3.8, 4) is 11.5 Å². The van der Waals surface area contributed by atoms with Crippen LogP contribution in [0.2, 0.25) is 0 Å². The van der Waals surface area contributed by atoms with Crippen molar-refractivity contribution in [2.75, 3.05) is 15.5 Å². The molecule has 4 aromatic carbocycles. The third kappa shape index (κ3) is 5.46. The zero-order valence-electron chi connectivity index (χ0n) is 19.7. The number of ether oxygens (including phenoxy) is 1. The number of benzene rings is 4. The highest BCUT2D eigenvalue weighted by atomic mass is 79.9. The quantitative estimate of drug-likeness (QED) is 0.229. The van der Waals surface area contributed by atoms with Gasteiger partial charge in [-0.2, -0.15) is 0 Å². The van der Waals surface area contributed by atoms with Gasteiger partial charge >= 0.3 is 0 Å². The first-order valence-electron chi connectivity index (χ1n) is 11.4. The van der Waals surface area contributed by atoms with Crippen molar-refractivity contribution in [2.24, 2.45) is 0 Å². The first kappa shape index (κ1) is 25.3. The number of halogens is 2. The molecule has 0 aromatic heterocycles. The van der Waals surface area contributed by atoms with Gasteiger partial charge in [0.25, 0.3) is 17.7 Å². The Labute approximate surface area is 231 Å². The maximum atomic E-state index is 13.2. The molecular formula is C29H19BrClN3O4. The molecule has 0 aliphatic carbocycles. The Morgan fingerprint density at radius 2 is 1.45 bits per heavy atom. The molecule has 5 rings (SSSR count). The van der Waals surface area contributed by atoms with Gasteiger partial charge in [-0.3, -0.25) is 14.4 Å². The molecule has 2 N–H and O–H groups in total. The van der Waals surface area contributed by atoms with E-state index in [-0.39, 0.29) is 16.6 Å². The Hall–Kier alpha value is -4.40. The lowest BCUT2D eigenvalue weighted by Gasteiger charge is -2.16. The Morgan fingerprint density at radius 1 is 0.763 bits per heavy atom. The van der Waals surface area contributed by atoms with Crippen LogP contribution in [0.1, 0.15) is 10.4 Å². The second-order valence-corrected chi connectivity index (χ2v) is 9.50. The van der Waals surface area contributed by atoms with Crippen LogP contribution in [0.25, 0.3) is 0 Å². The minimum atomic E-state index is -0.653. The van der Waals surface area contributed by atoms with Crippen LogP contribution in [0, 0.1) is 0 Å². The van der Waals surface area contributed by atoms with E-state index in [0.717, 1.165) is 9.37 Å². The molecule has 0 radical (unpaired) electrons. The monoisotopic (exact) mass is 587 g/mol. The highest BCUT2D eigenvalue weighted by molar-refractivity contribution is 9.10. The molecule has 1 aliphatic heterocycles. The van der Waals surface area contributed by atoms with E-state index in [4.69, 9.17) is 16.3 Å². The summed E-state index contributed by atoms with van der Waals surface area (Å²) in [6, 6.07) is 29.5. The summed E-state index contributed by atoms with van der Waals surface area (Å²) in [6.45, 7) is 0. The lowest BCUT2D eigenvalue weighted by Crippen LogP contribution is -2.32. The van der Waals surface area contributed by atoms with Crippen LogP contribution in [-0.2, 0) is 9.59 Å². The predicted molar refractivity (Wildman–Crippen MR) is 150 cm³/mol. The molecule has 9 heteroatoms. The van der Waals surface area contributed by atoms with Gasteiger partial charge in [-0.25, -0.2) is 4.90 Å². The summed E-state index contributed by atoms with van der Waals surface area (Å²) in [5.41, 5.74) is 1.69. The third-order valence-electron chi connectivity index (χ3n) is 5.60. The van der Waals surface area contributed by atoms with E-state index in [1.54, 1.807) is 60.7 Å². The Bertz CT molecular complexity index is 1560. The van der Waals surface area contributed by atoms with Gasteiger partial charge in [0.2, 0.25) is 0 Å². The molecular weight excluding hydrogens is 570 g/mol. The number of nitrogens with one attached hydrogen (secondary N) is 2. The number of carbonyl (C=O) groups is 3. The van der Waals surface area contributed by atoms with E-state index in [9.17, 15) is 14.4 Å². The molecule has 3 amide bonds. The number of imide groups is 1. The molecule has 1 heterocycles. The fraction of sp³-hybridized carbons (Fsp3) is 0. The molecule has 0 saturated carbocycles. The summed E-state index contributed by atoms with van der Waals surface area (Å²) in [7, 11) is 0. The third-order valence-corrected chi connectivity index (χ3v) is 6.48. The Balaban J connectivity index is 1.29. The van der Waals surface area contributed by atoms with Crippen LogP contribution in [0.3, 0.4) is 0 Å². The van der Waals surface area contributed by atoms with Crippen molar-refractivity contribution in [3.05, 3.63) is 124 Å². The lowest BCUT2D eigenvalue weighted by molar-refractivity contribution is -0.120. The highest BCUT2D eigenvalue weighted by Gasteiger charge is 2.39. The normalized spacial score (nSPS) is 13.1. The number of carbonyl (C=O) groups excluding carboxylic acids is 3. The standard InChI is InChI=1S/C29H19BrClN3O4/c30-19-9-11-20(12-10-19)33-27(35)18-5-4-6-21(17-18)32-26-25(31)28(36)34(29(26)37)22-13-15-24(16-14-22)38-23-7-2-1-3-8-23/h1-17,32H,(H,33,35). The molecule has 0 fully saturated rings. The second kappa shape index (κ2) is 10.9. The zero-order chi connectivity index (χ0) is 26.6. The van der Waals surface area contributed by atoms with Crippen LogP contribution in [0.5, 0.6) is 11.5 Å². The summed E-state index contributed by atoms with van der Waals surface area (Å²) in [5.74, 6) is -0.377. The van der Waals surface area contributed by atoms with Crippen molar-refractivity contribution in [2.45, 2.75) is 0 Å². The molecule has 0 atom stereocenters. The smallest absolute Gasteiger partial charge is 0.283 e. The van der Waals surface area contributed by atoms with Crippen molar-refractivity contribution >= 4 is 62.3 Å². The van der Waals surface area contributed by atoms with Gasteiger partial charge in [0.1, 0.15) is 22.2 Å². The highest BCUT2D eigenvalue weighted by Crippen LogP contribution is 2.32. The van der Waals surface area contributed by atoms with Gasteiger partial charge in [0.15, 0.2) is 0 Å². The molecule has 4 aromatic rings. The molecule has 38 heavy (non-hydrogen) atoms. The topological polar surface area (TPSA) is 87.7 Å². The molecule has 0 saturated heterocycles. The number of nitrogens with zero attached hydrogens (tertiary/aromatic N) is 1. The molecule has 188 valence electrons. The van der Waals surface area contributed by atoms with Crippen LogP contribution >= 0.6 is 27.5 Å². The minimum absolute atomic E-state index is 0.0771. The summed E-state index contributed by atoms with van der Waals surface area (Å²) < 4.78 is 6.67. The number of hydrogen-bond acceptors (Lipinski definition) is 5. The molecule has 0 spiro atoms. The average Bonchev–Trinajstić information content (AvgIpc) is 3.14. The van der Waals surface area contributed by atoms with E-state index < -0.39 is 11.8 Å². The van der Waals surface area contributed by atoms with Gasteiger partial charge in [0.05, 0.1) is 5.69 Å². The number of hydrogen-bond donors (Lipinski definition) is 2. The summed E-state index contributed by atoms with van der Waals surface area (Å²) in [5, 5.41) is 5.47. The molecule has 7 nitrogen and oxygen atoms in total. The molecule has 0 unspecified atom stereocenters. The minimum Gasteiger partial charge on any atom is -0.457 e. The Morgan fingerprint density at radius 3 is 2.16 bits per heavy atom. The molecule has 1 aliphatic rings. The number of rotatable bonds is 7. The number of amides is 3. The Kier molecular flexibility index (Phi) is 7.26. The lowest BCUT2D eigenvalue weighted by atomic mass is 10.1. The van der Waals surface area contributed by atoms with Crippen molar-refractivity contribution in [3.63, 3.8) is 0 Å².